The Labute approximate surface area is 117 Å². The summed E-state index contributed by atoms with van der Waals surface area (Å²) in [6, 6.07) is 5.69. The molecule has 0 saturated carbocycles. The van der Waals surface area contributed by atoms with Gasteiger partial charge in [0.25, 0.3) is 5.56 Å². The third-order valence-electron chi connectivity index (χ3n) is 3.61. The summed E-state index contributed by atoms with van der Waals surface area (Å²) < 4.78 is 5.34. The second-order valence-corrected chi connectivity index (χ2v) is 4.73. The van der Waals surface area contributed by atoms with Gasteiger partial charge < -0.3 is 9.72 Å². The van der Waals surface area contributed by atoms with Crippen molar-refractivity contribution in [2.45, 2.75) is 20.8 Å². The smallest absolute Gasteiger partial charge is 0.266 e. The third-order valence-corrected chi connectivity index (χ3v) is 3.61. The van der Waals surface area contributed by atoms with Gasteiger partial charge in [-0.15, -0.1) is 0 Å². The molecular weight excluding hydrogens is 252 g/mol. The van der Waals surface area contributed by atoms with Gasteiger partial charge in [-0.2, -0.15) is 5.26 Å². The van der Waals surface area contributed by atoms with Gasteiger partial charge in [0.1, 0.15) is 17.4 Å². The molecule has 0 radical (unpaired) electrons. The first kappa shape index (κ1) is 13.9. The Morgan fingerprint density at radius 2 is 1.95 bits per heavy atom. The van der Waals surface area contributed by atoms with Crippen LogP contribution in [0.1, 0.15) is 22.3 Å². The predicted molar refractivity (Wildman–Crippen MR) is 78.0 cm³/mol. The number of H-pyrrole nitrogens is 1. The van der Waals surface area contributed by atoms with Crippen LogP contribution in [0.2, 0.25) is 0 Å². The molecule has 0 aliphatic rings. The molecule has 0 spiro atoms. The largest absolute Gasteiger partial charge is 0.496 e. The molecule has 4 heteroatoms. The van der Waals surface area contributed by atoms with Crippen molar-refractivity contribution in [2.24, 2.45) is 0 Å². The summed E-state index contributed by atoms with van der Waals surface area (Å²) in [5.74, 6) is 0.812. The molecule has 0 aliphatic carbocycles. The van der Waals surface area contributed by atoms with Crippen molar-refractivity contribution >= 4 is 0 Å². The quantitative estimate of drug-likeness (QED) is 0.910. The van der Waals surface area contributed by atoms with Crippen LogP contribution in [0, 0.1) is 32.1 Å². The number of methoxy groups -OCH3 is 1. The Morgan fingerprint density at radius 3 is 2.55 bits per heavy atom. The van der Waals surface area contributed by atoms with Gasteiger partial charge in [-0.05, 0) is 55.2 Å². The van der Waals surface area contributed by atoms with Gasteiger partial charge >= 0.3 is 0 Å². The Kier molecular flexibility index (Phi) is 3.62. The zero-order valence-electron chi connectivity index (χ0n) is 12.0. The van der Waals surface area contributed by atoms with Gasteiger partial charge in [-0.1, -0.05) is 0 Å². The number of aromatic nitrogens is 1. The first-order chi connectivity index (χ1) is 9.51. The molecule has 20 heavy (non-hydrogen) atoms. The summed E-state index contributed by atoms with van der Waals surface area (Å²) >= 11 is 0. The fourth-order valence-electron chi connectivity index (χ4n) is 2.47. The predicted octanol–water partition coefficient (Wildman–Crippen LogP) is 2.85. The van der Waals surface area contributed by atoms with E-state index in [2.05, 4.69) is 4.98 Å². The number of ether oxygens (including phenoxy) is 1. The van der Waals surface area contributed by atoms with Crippen LogP contribution in [0.4, 0.5) is 0 Å². The van der Waals surface area contributed by atoms with E-state index in [1.807, 2.05) is 32.9 Å². The Hall–Kier alpha value is -2.54. The number of nitrogens with one attached hydrogen (secondary N) is 1. The minimum atomic E-state index is -0.364. The minimum Gasteiger partial charge on any atom is -0.496 e. The van der Waals surface area contributed by atoms with Gasteiger partial charge in [0.05, 0.1) is 7.11 Å². The van der Waals surface area contributed by atoms with Crippen LogP contribution in [0.25, 0.3) is 11.1 Å². The fraction of sp³-hybridized carbons (Fsp3) is 0.250. The number of nitriles is 1. The molecule has 1 aromatic carbocycles. The van der Waals surface area contributed by atoms with Crippen molar-refractivity contribution in [3.8, 4) is 22.9 Å². The normalized spacial score (nSPS) is 10.2. The maximum Gasteiger partial charge on any atom is 0.266 e. The highest BCUT2D eigenvalue weighted by atomic mass is 16.5. The zero-order valence-corrected chi connectivity index (χ0v) is 12.0. The van der Waals surface area contributed by atoms with E-state index in [0.717, 1.165) is 28.0 Å². The first-order valence-corrected chi connectivity index (χ1v) is 6.28. The number of nitrogens with zero attached hydrogens (tertiary/aromatic N) is 1. The molecule has 0 aliphatic heterocycles. The SMILES string of the molecule is COc1cc(C)c(-c2cc[nH]c(=O)c2C#N)c(C)c1C. The number of benzene rings is 1. The molecule has 0 saturated heterocycles. The standard InChI is InChI=1S/C16H16N2O2/c1-9-7-14(20-4)10(2)11(3)15(9)12-5-6-18-16(19)13(12)8-17/h5-7H,1-4H3,(H,18,19). The number of pyridine rings is 1. The third kappa shape index (κ3) is 2.08. The van der Waals surface area contributed by atoms with Crippen LogP contribution in [-0.2, 0) is 0 Å². The molecule has 0 atom stereocenters. The molecule has 2 aromatic rings. The average molecular weight is 268 g/mol. The number of rotatable bonds is 2. The van der Waals surface area contributed by atoms with Crippen molar-refractivity contribution in [1.29, 1.82) is 5.26 Å². The molecule has 4 nitrogen and oxygen atoms in total. The van der Waals surface area contributed by atoms with Gasteiger partial charge in [-0.3, -0.25) is 4.79 Å². The molecule has 1 heterocycles. The summed E-state index contributed by atoms with van der Waals surface area (Å²) in [5.41, 5.74) is 4.37. The van der Waals surface area contributed by atoms with E-state index < -0.39 is 0 Å². The Bertz CT molecular complexity index is 767. The highest BCUT2D eigenvalue weighted by Crippen LogP contribution is 2.35. The molecule has 0 unspecified atom stereocenters. The van der Waals surface area contributed by atoms with E-state index in [1.54, 1.807) is 19.4 Å². The lowest BCUT2D eigenvalue weighted by atomic mass is 9.90. The Morgan fingerprint density at radius 1 is 1.25 bits per heavy atom. The molecule has 0 bridgehead atoms. The van der Waals surface area contributed by atoms with E-state index in [4.69, 9.17) is 4.74 Å². The van der Waals surface area contributed by atoms with E-state index in [0.29, 0.717) is 5.56 Å². The number of aromatic amines is 1. The van der Waals surface area contributed by atoms with Crippen molar-refractivity contribution in [2.75, 3.05) is 7.11 Å². The summed E-state index contributed by atoms with van der Waals surface area (Å²) in [6.45, 7) is 5.89. The summed E-state index contributed by atoms with van der Waals surface area (Å²) in [5, 5.41) is 9.22. The molecule has 102 valence electrons. The second kappa shape index (κ2) is 5.22. The molecule has 0 fully saturated rings. The lowest BCUT2D eigenvalue weighted by Gasteiger charge is -2.16. The van der Waals surface area contributed by atoms with Crippen molar-refractivity contribution in [3.63, 3.8) is 0 Å². The molecule has 1 N–H and O–H groups in total. The maximum absolute atomic E-state index is 11.8. The maximum atomic E-state index is 11.8. The van der Waals surface area contributed by atoms with Gasteiger partial charge in [-0.25, -0.2) is 0 Å². The van der Waals surface area contributed by atoms with Gasteiger partial charge in [0.15, 0.2) is 0 Å². The van der Waals surface area contributed by atoms with Gasteiger partial charge in [0, 0.05) is 11.8 Å². The second-order valence-electron chi connectivity index (χ2n) is 4.73. The Balaban J connectivity index is 2.85. The highest BCUT2D eigenvalue weighted by molar-refractivity contribution is 5.77. The van der Waals surface area contributed by atoms with Crippen LogP contribution in [0.15, 0.2) is 23.1 Å². The average Bonchev–Trinajstić information content (AvgIpc) is 2.43. The molecule has 2 rings (SSSR count). The van der Waals surface area contributed by atoms with Gasteiger partial charge in [0.2, 0.25) is 0 Å². The fourth-order valence-corrected chi connectivity index (χ4v) is 2.47. The van der Waals surface area contributed by atoms with Crippen molar-refractivity contribution in [3.05, 3.63) is 50.9 Å². The van der Waals surface area contributed by atoms with Crippen molar-refractivity contribution < 1.29 is 4.74 Å². The van der Waals surface area contributed by atoms with Crippen LogP contribution in [-0.4, -0.2) is 12.1 Å². The lowest BCUT2D eigenvalue weighted by molar-refractivity contribution is 0.411. The monoisotopic (exact) mass is 268 g/mol. The number of hydrogen-bond acceptors (Lipinski definition) is 3. The van der Waals surface area contributed by atoms with Crippen LogP contribution in [0.5, 0.6) is 5.75 Å². The summed E-state index contributed by atoms with van der Waals surface area (Å²) in [4.78, 5) is 14.3. The summed E-state index contributed by atoms with van der Waals surface area (Å²) in [6.07, 6.45) is 1.57. The minimum absolute atomic E-state index is 0.142. The van der Waals surface area contributed by atoms with Crippen LogP contribution in [0.3, 0.4) is 0 Å². The lowest BCUT2D eigenvalue weighted by Crippen LogP contribution is -2.11. The van der Waals surface area contributed by atoms with E-state index in [9.17, 15) is 10.1 Å². The van der Waals surface area contributed by atoms with E-state index >= 15 is 0 Å². The number of aryl methyl sites for hydroxylation is 1. The topological polar surface area (TPSA) is 65.9 Å². The van der Waals surface area contributed by atoms with Crippen LogP contribution < -0.4 is 10.3 Å². The molecule has 1 aromatic heterocycles. The molecular formula is C16H16N2O2. The first-order valence-electron chi connectivity index (χ1n) is 6.28. The molecule has 0 amide bonds. The van der Waals surface area contributed by atoms with E-state index in [1.165, 1.54) is 0 Å². The summed E-state index contributed by atoms with van der Waals surface area (Å²) in [7, 11) is 1.63. The van der Waals surface area contributed by atoms with Crippen molar-refractivity contribution in [1.82, 2.24) is 4.98 Å². The van der Waals surface area contributed by atoms with Crippen LogP contribution >= 0.6 is 0 Å². The zero-order chi connectivity index (χ0) is 14.9. The highest BCUT2D eigenvalue weighted by Gasteiger charge is 2.16. The number of hydrogen-bond donors (Lipinski definition) is 1. The van der Waals surface area contributed by atoms with E-state index in [-0.39, 0.29) is 11.1 Å².